The maximum absolute atomic E-state index is 12.5. The Kier molecular flexibility index (Phi) is 4.36. The molecule has 2 unspecified atom stereocenters. The van der Waals surface area contributed by atoms with Crippen LogP contribution in [0, 0.1) is 11.3 Å². The molecule has 1 aliphatic rings. The van der Waals surface area contributed by atoms with Gasteiger partial charge in [0.15, 0.2) is 0 Å². The van der Waals surface area contributed by atoms with Gasteiger partial charge in [0.25, 0.3) is 0 Å². The van der Waals surface area contributed by atoms with Gasteiger partial charge in [-0.15, -0.1) is 0 Å². The fourth-order valence-electron chi connectivity index (χ4n) is 3.21. The standard InChI is InChI=1S/C17H26N2O/c1-12(13-7-6-8-14(18)11-13)19-16(20)15-9-4-5-10-17(15,2)3/h6-8,11-12,15H,4-5,9-10,18H2,1-3H3,(H,19,20). The van der Waals surface area contributed by atoms with Crippen molar-refractivity contribution in [1.82, 2.24) is 5.32 Å². The topological polar surface area (TPSA) is 55.1 Å². The minimum Gasteiger partial charge on any atom is -0.399 e. The third kappa shape index (κ3) is 3.33. The maximum atomic E-state index is 12.5. The Morgan fingerprint density at radius 2 is 2.15 bits per heavy atom. The van der Waals surface area contributed by atoms with Crippen molar-refractivity contribution in [3.8, 4) is 0 Å². The predicted octanol–water partition coefficient (Wildman–Crippen LogP) is 3.66. The van der Waals surface area contributed by atoms with Gasteiger partial charge in [0.2, 0.25) is 5.91 Å². The highest BCUT2D eigenvalue weighted by atomic mass is 16.2. The number of carbonyl (C=O) groups is 1. The highest BCUT2D eigenvalue weighted by molar-refractivity contribution is 5.80. The van der Waals surface area contributed by atoms with Gasteiger partial charge in [-0.25, -0.2) is 0 Å². The Balaban J connectivity index is 2.03. The molecule has 0 bridgehead atoms. The van der Waals surface area contributed by atoms with E-state index in [1.807, 2.05) is 31.2 Å². The quantitative estimate of drug-likeness (QED) is 0.826. The SMILES string of the molecule is CC(NC(=O)C1CCCCC1(C)C)c1cccc(N)c1. The number of rotatable bonds is 3. The summed E-state index contributed by atoms with van der Waals surface area (Å²) in [5, 5.41) is 3.15. The summed E-state index contributed by atoms with van der Waals surface area (Å²) in [5.74, 6) is 0.310. The number of nitrogens with one attached hydrogen (secondary N) is 1. The minimum absolute atomic E-state index is 0.00345. The second kappa shape index (κ2) is 5.86. The molecule has 3 heteroatoms. The lowest BCUT2D eigenvalue weighted by atomic mass is 9.68. The minimum atomic E-state index is 0.00345. The molecule has 0 saturated heterocycles. The van der Waals surface area contributed by atoms with E-state index in [4.69, 9.17) is 5.73 Å². The third-order valence-electron chi connectivity index (χ3n) is 4.59. The maximum Gasteiger partial charge on any atom is 0.224 e. The zero-order valence-corrected chi connectivity index (χ0v) is 12.8. The molecule has 2 atom stereocenters. The zero-order chi connectivity index (χ0) is 14.8. The van der Waals surface area contributed by atoms with Gasteiger partial charge in [0.05, 0.1) is 6.04 Å². The van der Waals surface area contributed by atoms with Gasteiger partial charge >= 0.3 is 0 Å². The molecular weight excluding hydrogens is 248 g/mol. The normalized spacial score (nSPS) is 23.1. The first-order valence-electron chi connectivity index (χ1n) is 7.56. The molecule has 3 N–H and O–H groups in total. The molecule has 1 saturated carbocycles. The summed E-state index contributed by atoms with van der Waals surface area (Å²) >= 11 is 0. The summed E-state index contributed by atoms with van der Waals surface area (Å²) in [4.78, 5) is 12.5. The number of anilines is 1. The summed E-state index contributed by atoms with van der Waals surface area (Å²) in [5.41, 5.74) is 7.71. The molecule has 1 aromatic carbocycles. The zero-order valence-electron chi connectivity index (χ0n) is 12.8. The van der Waals surface area contributed by atoms with Crippen molar-refractivity contribution < 1.29 is 4.79 Å². The molecule has 0 heterocycles. The van der Waals surface area contributed by atoms with Gasteiger partial charge in [-0.05, 0) is 42.9 Å². The van der Waals surface area contributed by atoms with Crippen molar-refractivity contribution in [1.29, 1.82) is 0 Å². The summed E-state index contributed by atoms with van der Waals surface area (Å²) in [6.07, 6.45) is 4.54. The molecule has 20 heavy (non-hydrogen) atoms. The van der Waals surface area contributed by atoms with E-state index in [2.05, 4.69) is 19.2 Å². The Hall–Kier alpha value is -1.51. The number of nitrogens with two attached hydrogens (primary N) is 1. The van der Waals surface area contributed by atoms with Crippen LogP contribution in [0.1, 0.15) is 58.1 Å². The van der Waals surface area contributed by atoms with Crippen LogP contribution in [0.5, 0.6) is 0 Å². The number of hydrogen-bond acceptors (Lipinski definition) is 2. The molecule has 2 rings (SSSR count). The fraction of sp³-hybridized carbons (Fsp3) is 0.588. The van der Waals surface area contributed by atoms with Crippen LogP contribution >= 0.6 is 0 Å². The van der Waals surface area contributed by atoms with E-state index < -0.39 is 0 Å². The summed E-state index contributed by atoms with van der Waals surface area (Å²) < 4.78 is 0. The van der Waals surface area contributed by atoms with Crippen LogP contribution in [0.15, 0.2) is 24.3 Å². The van der Waals surface area contributed by atoms with Gasteiger partial charge in [-0.1, -0.05) is 38.8 Å². The molecule has 0 aliphatic heterocycles. The molecule has 0 spiro atoms. The lowest BCUT2D eigenvalue weighted by Gasteiger charge is -2.38. The van der Waals surface area contributed by atoms with Crippen LogP contribution in [0.2, 0.25) is 0 Å². The fourth-order valence-corrected chi connectivity index (χ4v) is 3.21. The van der Waals surface area contributed by atoms with E-state index >= 15 is 0 Å². The van der Waals surface area contributed by atoms with Crippen LogP contribution in [0.4, 0.5) is 5.69 Å². The van der Waals surface area contributed by atoms with Gasteiger partial charge in [-0.3, -0.25) is 4.79 Å². The number of carbonyl (C=O) groups excluding carboxylic acids is 1. The molecule has 0 radical (unpaired) electrons. The van der Waals surface area contributed by atoms with Crippen molar-refractivity contribution in [2.24, 2.45) is 11.3 Å². The lowest BCUT2D eigenvalue weighted by molar-refractivity contribution is -0.130. The summed E-state index contributed by atoms with van der Waals surface area (Å²) in [7, 11) is 0. The number of nitrogen functional groups attached to an aromatic ring is 1. The Bertz CT molecular complexity index is 482. The summed E-state index contributed by atoms with van der Waals surface area (Å²) in [6.45, 7) is 6.44. The number of benzene rings is 1. The smallest absolute Gasteiger partial charge is 0.224 e. The van der Waals surface area contributed by atoms with E-state index in [0.717, 1.165) is 30.5 Å². The molecule has 3 nitrogen and oxygen atoms in total. The van der Waals surface area contributed by atoms with E-state index in [9.17, 15) is 4.79 Å². The second-order valence-electron chi connectivity index (χ2n) is 6.69. The van der Waals surface area contributed by atoms with E-state index in [1.54, 1.807) is 0 Å². The van der Waals surface area contributed by atoms with Crippen molar-refractivity contribution >= 4 is 11.6 Å². The van der Waals surface area contributed by atoms with Crippen molar-refractivity contribution in [2.45, 2.75) is 52.5 Å². The van der Waals surface area contributed by atoms with Gasteiger partial charge < -0.3 is 11.1 Å². The van der Waals surface area contributed by atoms with Gasteiger partial charge in [0, 0.05) is 11.6 Å². The van der Waals surface area contributed by atoms with E-state index in [0.29, 0.717) is 0 Å². The predicted molar refractivity (Wildman–Crippen MR) is 83.2 cm³/mol. The average molecular weight is 274 g/mol. The number of amides is 1. The van der Waals surface area contributed by atoms with Crippen LogP contribution in [0.3, 0.4) is 0 Å². The average Bonchev–Trinajstić information content (AvgIpc) is 2.37. The highest BCUT2D eigenvalue weighted by Gasteiger charge is 2.37. The van der Waals surface area contributed by atoms with Gasteiger partial charge in [-0.2, -0.15) is 0 Å². The van der Waals surface area contributed by atoms with Crippen molar-refractivity contribution in [3.05, 3.63) is 29.8 Å². The Labute approximate surface area is 121 Å². The Morgan fingerprint density at radius 3 is 2.80 bits per heavy atom. The Morgan fingerprint density at radius 1 is 1.40 bits per heavy atom. The largest absolute Gasteiger partial charge is 0.399 e. The van der Waals surface area contributed by atoms with Crippen LogP contribution in [-0.4, -0.2) is 5.91 Å². The first-order valence-corrected chi connectivity index (χ1v) is 7.56. The summed E-state index contributed by atoms with van der Waals surface area (Å²) in [6, 6.07) is 7.73. The molecule has 1 aliphatic carbocycles. The molecule has 0 aromatic heterocycles. The molecular formula is C17H26N2O. The van der Waals surface area contributed by atoms with Crippen LogP contribution in [-0.2, 0) is 4.79 Å². The van der Waals surface area contributed by atoms with E-state index in [1.165, 1.54) is 6.42 Å². The molecule has 110 valence electrons. The van der Waals surface area contributed by atoms with E-state index in [-0.39, 0.29) is 23.3 Å². The molecule has 1 aromatic rings. The second-order valence-corrected chi connectivity index (χ2v) is 6.69. The first-order chi connectivity index (χ1) is 9.40. The van der Waals surface area contributed by atoms with Crippen LogP contribution in [0.25, 0.3) is 0 Å². The van der Waals surface area contributed by atoms with Crippen molar-refractivity contribution in [3.63, 3.8) is 0 Å². The molecule has 1 amide bonds. The molecule has 1 fully saturated rings. The monoisotopic (exact) mass is 274 g/mol. The first kappa shape index (κ1) is 14.9. The van der Waals surface area contributed by atoms with Gasteiger partial charge in [0.1, 0.15) is 0 Å². The van der Waals surface area contributed by atoms with Crippen LogP contribution < -0.4 is 11.1 Å². The third-order valence-corrected chi connectivity index (χ3v) is 4.59. The number of hydrogen-bond donors (Lipinski definition) is 2. The van der Waals surface area contributed by atoms with Crippen molar-refractivity contribution in [2.75, 3.05) is 5.73 Å². The highest BCUT2D eigenvalue weighted by Crippen LogP contribution is 2.40. The lowest BCUT2D eigenvalue weighted by Crippen LogP contribution is -2.41.